The molecule has 0 unspecified atom stereocenters. The zero-order chi connectivity index (χ0) is 12.3. The third-order valence-electron chi connectivity index (χ3n) is 2.07. The van der Waals surface area contributed by atoms with E-state index in [2.05, 4.69) is 20.7 Å². The molecule has 0 bridgehead atoms. The van der Waals surface area contributed by atoms with Gasteiger partial charge in [0, 0.05) is 0 Å². The van der Waals surface area contributed by atoms with Crippen LogP contribution in [0.2, 0.25) is 5.28 Å². The number of nitrogens with two attached hydrogens (primary N) is 2. The number of nitrogens with zero attached hydrogens (tertiary/aromatic N) is 2. The zero-order valence-corrected chi connectivity index (χ0v) is 9.53. The van der Waals surface area contributed by atoms with Gasteiger partial charge in [0.2, 0.25) is 5.28 Å². The van der Waals surface area contributed by atoms with Crippen LogP contribution in [0.25, 0.3) is 0 Å². The second-order valence-corrected chi connectivity index (χ2v) is 3.52. The van der Waals surface area contributed by atoms with Crippen LogP contribution in [0.1, 0.15) is 5.76 Å². The summed E-state index contributed by atoms with van der Waals surface area (Å²) in [6, 6.07) is 3.62. The maximum Gasteiger partial charge on any atom is 0.226 e. The molecule has 0 radical (unpaired) electrons. The highest BCUT2D eigenvalue weighted by molar-refractivity contribution is 6.28. The number of anilines is 3. The smallest absolute Gasteiger partial charge is 0.226 e. The van der Waals surface area contributed by atoms with Crippen LogP contribution in [0.15, 0.2) is 22.8 Å². The first-order chi connectivity index (χ1) is 8.20. The maximum atomic E-state index is 5.78. The molecule has 2 aromatic rings. The number of rotatable bonds is 4. The van der Waals surface area contributed by atoms with Crippen LogP contribution in [0.4, 0.5) is 17.3 Å². The van der Waals surface area contributed by atoms with Crippen molar-refractivity contribution in [2.75, 3.05) is 16.5 Å². The number of halogens is 1. The van der Waals surface area contributed by atoms with Gasteiger partial charge in [-0.1, -0.05) is 0 Å². The van der Waals surface area contributed by atoms with Crippen LogP contribution in [0, 0.1) is 0 Å². The van der Waals surface area contributed by atoms with Crippen molar-refractivity contribution in [2.24, 2.45) is 5.84 Å². The zero-order valence-electron chi connectivity index (χ0n) is 8.77. The number of aromatic nitrogens is 2. The van der Waals surface area contributed by atoms with Gasteiger partial charge in [-0.2, -0.15) is 9.97 Å². The standard InChI is InChI=1S/C9H11ClN6O/c10-9-14-7(6(11)8(15-9)16-12)13-4-5-2-1-3-17-5/h1-3H,4,11-12H2,(H2,13,14,15,16). The summed E-state index contributed by atoms with van der Waals surface area (Å²) in [6.07, 6.45) is 1.58. The van der Waals surface area contributed by atoms with E-state index in [-0.39, 0.29) is 11.1 Å². The summed E-state index contributed by atoms with van der Waals surface area (Å²) in [5, 5.41) is 3.03. The van der Waals surface area contributed by atoms with Crippen molar-refractivity contribution < 1.29 is 4.42 Å². The number of nitrogens with one attached hydrogen (secondary N) is 2. The summed E-state index contributed by atoms with van der Waals surface area (Å²) in [6.45, 7) is 0.439. The van der Waals surface area contributed by atoms with Crippen molar-refractivity contribution in [3.05, 3.63) is 29.4 Å². The lowest BCUT2D eigenvalue weighted by Crippen LogP contribution is -2.14. The molecule has 8 heteroatoms. The largest absolute Gasteiger partial charge is 0.467 e. The molecule has 6 N–H and O–H groups in total. The van der Waals surface area contributed by atoms with Gasteiger partial charge in [0.05, 0.1) is 12.8 Å². The van der Waals surface area contributed by atoms with Crippen LogP contribution in [0.5, 0.6) is 0 Å². The quantitative estimate of drug-likeness (QED) is 0.368. The van der Waals surface area contributed by atoms with Crippen molar-refractivity contribution in [1.29, 1.82) is 0 Å². The molecule has 2 aromatic heterocycles. The van der Waals surface area contributed by atoms with E-state index in [0.717, 1.165) is 5.76 Å². The van der Waals surface area contributed by atoms with Gasteiger partial charge in [0.25, 0.3) is 0 Å². The van der Waals surface area contributed by atoms with Crippen LogP contribution in [0.3, 0.4) is 0 Å². The van der Waals surface area contributed by atoms with Crippen LogP contribution < -0.4 is 22.3 Å². The molecule has 2 heterocycles. The Balaban J connectivity index is 2.17. The van der Waals surface area contributed by atoms with Gasteiger partial charge in [-0.25, -0.2) is 5.84 Å². The molecule has 0 saturated heterocycles. The Morgan fingerprint density at radius 2 is 2.12 bits per heavy atom. The molecule has 0 aliphatic carbocycles. The highest BCUT2D eigenvalue weighted by Gasteiger charge is 2.10. The van der Waals surface area contributed by atoms with Gasteiger partial charge in [0.1, 0.15) is 11.4 Å². The van der Waals surface area contributed by atoms with E-state index in [9.17, 15) is 0 Å². The molecule has 0 atom stereocenters. The molecular weight excluding hydrogens is 244 g/mol. The summed E-state index contributed by atoms with van der Waals surface area (Å²) >= 11 is 5.72. The number of nitrogen functional groups attached to an aromatic ring is 2. The SMILES string of the molecule is NNc1nc(Cl)nc(NCc2ccco2)c1N. The Hall–Kier alpha value is -1.99. The fourth-order valence-corrected chi connectivity index (χ4v) is 1.44. The van der Waals surface area contributed by atoms with Crippen molar-refractivity contribution in [2.45, 2.75) is 6.54 Å². The van der Waals surface area contributed by atoms with E-state index in [1.54, 1.807) is 12.3 Å². The Kier molecular flexibility index (Phi) is 3.31. The third-order valence-corrected chi connectivity index (χ3v) is 2.23. The van der Waals surface area contributed by atoms with Crippen molar-refractivity contribution in [3.8, 4) is 0 Å². The number of hydrazine groups is 1. The van der Waals surface area contributed by atoms with Gasteiger partial charge >= 0.3 is 0 Å². The monoisotopic (exact) mass is 254 g/mol. The first-order valence-electron chi connectivity index (χ1n) is 4.76. The lowest BCUT2D eigenvalue weighted by molar-refractivity contribution is 0.518. The highest BCUT2D eigenvalue weighted by atomic mass is 35.5. The fraction of sp³-hybridized carbons (Fsp3) is 0.111. The topological polar surface area (TPSA) is 115 Å². The Labute approximate surface area is 102 Å². The average molecular weight is 255 g/mol. The molecule has 0 amide bonds. The van der Waals surface area contributed by atoms with Crippen LogP contribution in [-0.2, 0) is 6.54 Å². The Morgan fingerprint density at radius 1 is 1.35 bits per heavy atom. The number of furan rings is 1. The molecule has 0 fully saturated rings. The van der Waals surface area contributed by atoms with Gasteiger partial charge in [-0.15, -0.1) is 0 Å². The molecule has 17 heavy (non-hydrogen) atoms. The molecule has 0 aliphatic heterocycles. The summed E-state index contributed by atoms with van der Waals surface area (Å²) in [7, 11) is 0. The summed E-state index contributed by atoms with van der Waals surface area (Å²) in [5.74, 6) is 6.67. The summed E-state index contributed by atoms with van der Waals surface area (Å²) < 4.78 is 5.16. The third kappa shape index (κ3) is 2.58. The van der Waals surface area contributed by atoms with Crippen LogP contribution >= 0.6 is 11.6 Å². The number of hydrogen-bond acceptors (Lipinski definition) is 7. The van der Waals surface area contributed by atoms with E-state index < -0.39 is 0 Å². The van der Waals surface area contributed by atoms with E-state index in [1.165, 1.54) is 0 Å². The van der Waals surface area contributed by atoms with Gasteiger partial charge in [0.15, 0.2) is 11.6 Å². The first-order valence-corrected chi connectivity index (χ1v) is 5.14. The van der Waals surface area contributed by atoms with Crippen LogP contribution in [-0.4, -0.2) is 9.97 Å². The first kappa shape index (κ1) is 11.5. The van der Waals surface area contributed by atoms with E-state index >= 15 is 0 Å². The summed E-state index contributed by atoms with van der Waals surface area (Å²) in [4.78, 5) is 7.79. The highest BCUT2D eigenvalue weighted by Crippen LogP contribution is 2.25. The fourth-order valence-electron chi connectivity index (χ4n) is 1.27. The predicted octanol–water partition coefficient (Wildman–Crippen LogP) is 1.20. The van der Waals surface area contributed by atoms with Crippen molar-refractivity contribution >= 4 is 28.9 Å². The van der Waals surface area contributed by atoms with Gasteiger partial charge in [-0.05, 0) is 23.7 Å². The van der Waals surface area contributed by atoms with E-state index in [1.807, 2.05) is 6.07 Å². The normalized spacial score (nSPS) is 10.2. The van der Waals surface area contributed by atoms with Crippen molar-refractivity contribution in [3.63, 3.8) is 0 Å². The second kappa shape index (κ2) is 4.89. The predicted molar refractivity (Wildman–Crippen MR) is 65.3 cm³/mol. The molecule has 0 aliphatic rings. The molecule has 7 nitrogen and oxygen atoms in total. The molecule has 0 aromatic carbocycles. The summed E-state index contributed by atoms with van der Waals surface area (Å²) in [5.41, 5.74) is 8.42. The van der Waals surface area contributed by atoms with E-state index in [4.69, 9.17) is 27.6 Å². The van der Waals surface area contributed by atoms with Gasteiger partial charge in [-0.3, -0.25) is 0 Å². The minimum Gasteiger partial charge on any atom is -0.467 e. The molecule has 2 rings (SSSR count). The van der Waals surface area contributed by atoms with Crippen molar-refractivity contribution in [1.82, 2.24) is 9.97 Å². The minimum atomic E-state index is 0.0501. The molecule has 90 valence electrons. The Morgan fingerprint density at radius 3 is 2.76 bits per heavy atom. The lowest BCUT2D eigenvalue weighted by atomic mass is 10.4. The molecule has 0 saturated carbocycles. The second-order valence-electron chi connectivity index (χ2n) is 3.18. The maximum absolute atomic E-state index is 5.78. The lowest BCUT2D eigenvalue weighted by Gasteiger charge is -2.10. The van der Waals surface area contributed by atoms with Gasteiger partial charge < -0.3 is 20.9 Å². The average Bonchev–Trinajstić information content (AvgIpc) is 2.82. The minimum absolute atomic E-state index is 0.0501. The number of hydrogen-bond donors (Lipinski definition) is 4. The van der Waals surface area contributed by atoms with E-state index in [0.29, 0.717) is 18.1 Å². The molecular formula is C9H11ClN6O. The Bertz CT molecular complexity index is 500. The molecule has 0 spiro atoms.